The van der Waals surface area contributed by atoms with Crippen molar-refractivity contribution in [2.45, 2.75) is 58.7 Å². The first-order valence-electron chi connectivity index (χ1n) is 11.3. The van der Waals surface area contributed by atoms with Crippen LogP contribution in [0.5, 0.6) is 11.5 Å². The van der Waals surface area contributed by atoms with E-state index in [1.54, 1.807) is 23.4 Å². The molecule has 33 heavy (non-hydrogen) atoms. The highest BCUT2D eigenvalue weighted by atomic mass is 79.9. The first-order chi connectivity index (χ1) is 15.9. The van der Waals surface area contributed by atoms with Gasteiger partial charge in [-0.1, -0.05) is 25.1 Å². The van der Waals surface area contributed by atoms with Crippen LogP contribution in [0.25, 0.3) is 0 Å². The van der Waals surface area contributed by atoms with Gasteiger partial charge in [-0.3, -0.25) is 0 Å². The number of halogens is 1. The molecule has 1 aliphatic heterocycles. The van der Waals surface area contributed by atoms with Crippen LogP contribution in [0.3, 0.4) is 0 Å². The Kier molecular flexibility index (Phi) is 9.08. The summed E-state index contributed by atoms with van der Waals surface area (Å²) in [6, 6.07) is 3.31. The molecule has 1 N–H and O–H groups in total. The van der Waals surface area contributed by atoms with Crippen LogP contribution in [0.15, 0.2) is 33.0 Å². The van der Waals surface area contributed by atoms with Gasteiger partial charge < -0.3 is 19.5 Å². The van der Waals surface area contributed by atoms with E-state index in [1.807, 2.05) is 32.9 Å². The van der Waals surface area contributed by atoms with Crippen LogP contribution in [-0.2, 0) is 9.53 Å². The summed E-state index contributed by atoms with van der Waals surface area (Å²) in [5, 5.41) is 8.65. The van der Waals surface area contributed by atoms with Gasteiger partial charge in [0.15, 0.2) is 11.5 Å². The summed E-state index contributed by atoms with van der Waals surface area (Å²) >= 11 is 5.23. The lowest BCUT2D eigenvalue weighted by Crippen LogP contribution is -2.29. The fraction of sp³-hybridized carbons (Fsp3) is 0.522. The number of nitrogens with zero attached hydrogens (tertiary/aromatic N) is 3. The molecule has 0 spiro atoms. The lowest BCUT2D eigenvalue weighted by Gasteiger charge is -2.28. The second-order valence-electron chi connectivity index (χ2n) is 7.35. The number of thioether (sulfide) groups is 1. The number of ether oxygens (including phenoxy) is 3. The lowest BCUT2D eigenvalue weighted by atomic mass is 9.95. The summed E-state index contributed by atoms with van der Waals surface area (Å²) in [4.78, 5) is 17.7. The molecule has 0 amide bonds. The normalized spacial score (nSPS) is 15.2. The molecule has 1 aromatic heterocycles. The number of esters is 1. The zero-order valence-electron chi connectivity index (χ0n) is 19.7. The first kappa shape index (κ1) is 25.4. The highest BCUT2D eigenvalue weighted by molar-refractivity contribution is 9.10. The minimum absolute atomic E-state index is 0.280. The fourth-order valence-electron chi connectivity index (χ4n) is 3.57. The van der Waals surface area contributed by atoms with Gasteiger partial charge in [-0.2, -0.15) is 4.98 Å². The van der Waals surface area contributed by atoms with E-state index in [4.69, 9.17) is 19.3 Å². The Morgan fingerprint density at radius 2 is 1.94 bits per heavy atom. The maximum Gasteiger partial charge on any atom is 0.338 e. The molecule has 3 rings (SSSR count). The van der Waals surface area contributed by atoms with Gasteiger partial charge in [0.2, 0.25) is 11.1 Å². The third-order valence-corrected chi connectivity index (χ3v) is 6.51. The van der Waals surface area contributed by atoms with Crippen molar-refractivity contribution in [3.05, 3.63) is 33.4 Å². The average molecular weight is 539 g/mol. The van der Waals surface area contributed by atoms with E-state index < -0.39 is 12.0 Å². The summed E-state index contributed by atoms with van der Waals surface area (Å²) in [5.74, 6) is 2.36. The molecule has 1 aliphatic rings. The molecular formula is C23H31BrN4O4S. The van der Waals surface area contributed by atoms with E-state index in [0.29, 0.717) is 47.1 Å². The molecule has 2 heterocycles. The maximum absolute atomic E-state index is 13.0. The Morgan fingerprint density at radius 3 is 2.61 bits per heavy atom. The molecule has 0 saturated heterocycles. The molecule has 0 saturated carbocycles. The van der Waals surface area contributed by atoms with Crippen LogP contribution < -0.4 is 14.8 Å². The highest BCUT2D eigenvalue weighted by Gasteiger charge is 2.36. The van der Waals surface area contributed by atoms with Gasteiger partial charge in [0, 0.05) is 11.4 Å². The van der Waals surface area contributed by atoms with Crippen molar-refractivity contribution in [3.63, 3.8) is 0 Å². The zero-order chi connectivity index (χ0) is 24.0. The highest BCUT2D eigenvalue weighted by Crippen LogP contribution is 2.43. The van der Waals surface area contributed by atoms with Gasteiger partial charge in [0.1, 0.15) is 6.04 Å². The van der Waals surface area contributed by atoms with Crippen LogP contribution in [-0.4, -0.2) is 46.3 Å². The molecular weight excluding hydrogens is 508 g/mol. The Labute approximate surface area is 207 Å². The molecule has 0 fully saturated rings. The van der Waals surface area contributed by atoms with E-state index in [1.165, 1.54) is 0 Å². The number of rotatable bonds is 11. The molecule has 0 radical (unpaired) electrons. The summed E-state index contributed by atoms with van der Waals surface area (Å²) in [7, 11) is 0. The van der Waals surface area contributed by atoms with E-state index in [-0.39, 0.29) is 6.61 Å². The number of unbranched alkanes of at least 4 members (excludes halogenated alkanes) is 1. The number of anilines is 1. The van der Waals surface area contributed by atoms with Gasteiger partial charge in [-0.15, -0.1) is 5.10 Å². The predicted octanol–water partition coefficient (Wildman–Crippen LogP) is 5.58. The predicted molar refractivity (Wildman–Crippen MR) is 133 cm³/mol. The van der Waals surface area contributed by atoms with Crippen LogP contribution >= 0.6 is 27.7 Å². The van der Waals surface area contributed by atoms with E-state index in [9.17, 15) is 4.79 Å². The van der Waals surface area contributed by atoms with Crippen LogP contribution in [0.4, 0.5) is 5.95 Å². The summed E-state index contributed by atoms with van der Waals surface area (Å²) < 4.78 is 19.6. The zero-order valence-corrected chi connectivity index (χ0v) is 22.1. The van der Waals surface area contributed by atoms with Crippen molar-refractivity contribution in [2.75, 3.05) is 30.9 Å². The Morgan fingerprint density at radius 1 is 1.18 bits per heavy atom. The molecule has 1 atom stereocenters. The number of hydrogen-bond donors (Lipinski definition) is 1. The number of aromatic nitrogens is 3. The molecule has 1 aromatic carbocycles. The molecule has 180 valence electrons. The minimum Gasteiger partial charge on any atom is -0.490 e. The molecule has 1 unspecified atom stereocenters. The number of carbonyl (C=O) groups is 1. The smallest absolute Gasteiger partial charge is 0.338 e. The molecule has 8 nitrogen and oxygen atoms in total. The number of carbonyl (C=O) groups excluding carboxylic acids is 1. The Hall–Kier alpha value is -2.20. The van der Waals surface area contributed by atoms with Gasteiger partial charge >= 0.3 is 5.97 Å². The van der Waals surface area contributed by atoms with Gasteiger partial charge in [-0.05, 0) is 67.7 Å². The Bertz CT molecular complexity index is 1020. The summed E-state index contributed by atoms with van der Waals surface area (Å²) in [5.41, 5.74) is 1.98. The quantitative estimate of drug-likeness (QED) is 0.225. The lowest BCUT2D eigenvalue weighted by molar-refractivity contribution is -0.139. The number of hydrogen-bond acceptors (Lipinski definition) is 8. The largest absolute Gasteiger partial charge is 0.490 e. The first-order valence-corrected chi connectivity index (χ1v) is 13.1. The summed E-state index contributed by atoms with van der Waals surface area (Å²) in [6.45, 7) is 10.9. The monoisotopic (exact) mass is 538 g/mol. The number of allylic oxidation sites excluding steroid dienone is 1. The third kappa shape index (κ3) is 5.66. The molecule has 2 aromatic rings. The van der Waals surface area contributed by atoms with Crippen LogP contribution in [0.2, 0.25) is 0 Å². The standard InChI is InChI=1S/C23H31BrN4O4S/c1-6-10-11-33-23-26-22-25-14(5)18(21(29)32-9-4)19(28(22)27-23)15-12-16(24)20(31-8-3)17(13-15)30-7-2/h12-13,19H,6-11H2,1-5H3,(H,25,26,27). The topological polar surface area (TPSA) is 87.5 Å². The van der Waals surface area contributed by atoms with Gasteiger partial charge in [0.05, 0.1) is 29.9 Å². The summed E-state index contributed by atoms with van der Waals surface area (Å²) in [6.07, 6.45) is 2.19. The number of benzene rings is 1. The second-order valence-corrected chi connectivity index (χ2v) is 9.26. The molecule has 10 heteroatoms. The van der Waals surface area contributed by atoms with Crippen molar-refractivity contribution in [1.82, 2.24) is 14.8 Å². The van der Waals surface area contributed by atoms with Crippen molar-refractivity contribution in [3.8, 4) is 11.5 Å². The van der Waals surface area contributed by atoms with Crippen molar-refractivity contribution >= 4 is 39.6 Å². The van der Waals surface area contributed by atoms with Crippen molar-refractivity contribution in [1.29, 1.82) is 0 Å². The maximum atomic E-state index is 13.0. The van der Waals surface area contributed by atoms with Crippen LogP contribution in [0, 0.1) is 0 Å². The van der Waals surface area contributed by atoms with Crippen molar-refractivity contribution in [2.24, 2.45) is 0 Å². The average Bonchev–Trinajstić information content (AvgIpc) is 3.17. The minimum atomic E-state index is -0.528. The van der Waals surface area contributed by atoms with E-state index in [2.05, 4.69) is 33.2 Å². The Balaban J connectivity index is 2.14. The van der Waals surface area contributed by atoms with Gasteiger partial charge in [-0.25, -0.2) is 9.48 Å². The SMILES string of the molecule is CCCCSc1nc2n(n1)C(c1cc(Br)c(OCC)c(OCC)c1)C(C(=O)OCC)=C(C)N2. The molecule has 0 bridgehead atoms. The van der Waals surface area contributed by atoms with Gasteiger partial charge in [0.25, 0.3) is 0 Å². The number of nitrogens with one attached hydrogen (secondary N) is 1. The number of fused-ring (bicyclic) bond motifs is 1. The second kappa shape index (κ2) is 11.8. The van der Waals surface area contributed by atoms with Crippen LogP contribution in [0.1, 0.15) is 59.1 Å². The molecule has 0 aliphatic carbocycles. The van der Waals surface area contributed by atoms with E-state index >= 15 is 0 Å². The van der Waals surface area contributed by atoms with E-state index in [0.717, 1.165) is 28.6 Å². The van der Waals surface area contributed by atoms with Crippen molar-refractivity contribution < 1.29 is 19.0 Å². The third-order valence-electron chi connectivity index (χ3n) is 4.99. The fourth-order valence-corrected chi connectivity index (χ4v) is 5.06.